The van der Waals surface area contributed by atoms with E-state index in [1.54, 1.807) is 12.1 Å². The maximum Gasteiger partial charge on any atom is 0.287 e. The lowest BCUT2D eigenvalue weighted by Crippen LogP contribution is -2.47. The normalized spacial score (nSPS) is 18.6. The Hall–Kier alpha value is -1.29. The molecule has 0 saturated heterocycles. The molecule has 1 aliphatic rings. The molecule has 4 heteroatoms. The van der Waals surface area contributed by atoms with Gasteiger partial charge in [0.1, 0.15) is 0 Å². The Bertz CT molecular complexity index is 314. The van der Waals surface area contributed by atoms with E-state index in [0.29, 0.717) is 6.54 Å². The monoisotopic (exact) mass is 195 g/mol. The van der Waals surface area contributed by atoms with E-state index in [4.69, 9.17) is 4.42 Å². The van der Waals surface area contributed by atoms with Crippen LogP contribution in [0.4, 0.5) is 0 Å². The van der Waals surface area contributed by atoms with Gasteiger partial charge in [0.05, 0.1) is 11.9 Å². The van der Waals surface area contributed by atoms with Gasteiger partial charge in [0.15, 0.2) is 5.76 Å². The van der Waals surface area contributed by atoms with E-state index in [1.807, 2.05) is 0 Å². The molecule has 0 spiro atoms. The summed E-state index contributed by atoms with van der Waals surface area (Å²) in [6, 6.07) is 3.26. The van der Waals surface area contributed by atoms with Crippen LogP contribution in [0.25, 0.3) is 0 Å². The van der Waals surface area contributed by atoms with Gasteiger partial charge in [-0.05, 0) is 31.4 Å². The van der Waals surface area contributed by atoms with E-state index in [1.165, 1.54) is 6.26 Å². The molecule has 0 unspecified atom stereocenters. The van der Waals surface area contributed by atoms with Crippen molar-refractivity contribution in [3.05, 3.63) is 24.2 Å². The molecular weight excluding hydrogens is 182 g/mol. The van der Waals surface area contributed by atoms with Crippen molar-refractivity contribution in [3.63, 3.8) is 0 Å². The first-order chi connectivity index (χ1) is 6.70. The van der Waals surface area contributed by atoms with Crippen LogP contribution in [0, 0.1) is 0 Å². The summed E-state index contributed by atoms with van der Waals surface area (Å²) in [5.41, 5.74) is -0.678. The van der Waals surface area contributed by atoms with Crippen LogP contribution < -0.4 is 5.32 Å². The van der Waals surface area contributed by atoms with E-state index in [-0.39, 0.29) is 11.7 Å². The molecule has 0 bridgehead atoms. The molecule has 1 aromatic rings. The van der Waals surface area contributed by atoms with Gasteiger partial charge in [-0.3, -0.25) is 4.79 Å². The number of aliphatic hydroxyl groups is 1. The van der Waals surface area contributed by atoms with Gasteiger partial charge in [-0.25, -0.2) is 0 Å². The lowest BCUT2D eigenvalue weighted by Gasteiger charge is -2.36. The van der Waals surface area contributed by atoms with Crippen LogP contribution in [0.3, 0.4) is 0 Å². The molecule has 1 aromatic heterocycles. The Morgan fingerprint density at radius 1 is 1.64 bits per heavy atom. The van der Waals surface area contributed by atoms with Crippen molar-refractivity contribution in [1.29, 1.82) is 0 Å². The van der Waals surface area contributed by atoms with Gasteiger partial charge in [0.25, 0.3) is 5.91 Å². The number of rotatable bonds is 3. The number of hydrogen-bond donors (Lipinski definition) is 2. The third-order valence-electron chi connectivity index (χ3n) is 2.61. The summed E-state index contributed by atoms with van der Waals surface area (Å²) in [5.74, 6) is 0.0169. The molecular formula is C10H13NO3. The Morgan fingerprint density at radius 3 is 2.93 bits per heavy atom. The van der Waals surface area contributed by atoms with Crippen LogP contribution in [0.15, 0.2) is 22.8 Å². The average Bonchev–Trinajstić information content (AvgIpc) is 2.63. The van der Waals surface area contributed by atoms with Crippen molar-refractivity contribution >= 4 is 5.91 Å². The van der Waals surface area contributed by atoms with Crippen molar-refractivity contribution < 1.29 is 14.3 Å². The summed E-state index contributed by atoms with van der Waals surface area (Å²) in [5, 5.41) is 12.4. The third-order valence-corrected chi connectivity index (χ3v) is 2.61. The van der Waals surface area contributed by atoms with Crippen molar-refractivity contribution in [2.24, 2.45) is 0 Å². The zero-order valence-corrected chi connectivity index (χ0v) is 7.82. The Labute approximate surface area is 81.9 Å². The van der Waals surface area contributed by atoms with Crippen LogP contribution in [0.2, 0.25) is 0 Å². The largest absolute Gasteiger partial charge is 0.459 e. The van der Waals surface area contributed by atoms with Gasteiger partial charge in [-0.1, -0.05) is 0 Å². The average molecular weight is 195 g/mol. The van der Waals surface area contributed by atoms with Gasteiger partial charge in [0, 0.05) is 6.54 Å². The zero-order valence-electron chi connectivity index (χ0n) is 7.82. The first-order valence-corrected chi connectivity index (χ1v) is 4.74. The molecule has 0 aromatic carbocycles. The molecule has 2 rings (SSSR count). The van der Waals surface area contributed by atoms with E-state index < -0.39 is 5.60 Å². The smallest absolute Gasteiger partial charge is 0.287 e. The van der Waals surface area contributed by atoms with Gasteiger partial charge in [-0.2, -0.15) is 0 Å². The summed E-state index contributed by atoms with van der Waals surface area (Å²) >= 11 is 0. The summed E-state index contributed by atoms with van der Waals surface area (Å²) in [7, 11) is 0. The number of carbonyl (C=O) groups is 1. The molecule has 14 heavy (non-hydrogen) atoms. The van der Waals surface area contributed by atoms with Gasteiger partial charge in [-0.15, -0.1) is 0 Å². The fourth-order valence-electron chi connectivity index (χ4n) is 1.50. The minimum Gasteiger partial charge on any atom is -0.459 e. The zero-order chi connectivity index (χ0) is 10.0. The fraction of sp³-hybridized carbons (Fsp3) is 0.500. The van der Waals surface area contributed by atoms with Crippen molar-refractivity contribution in [2.75, 3.05) is 6.54 Å². The maximum atomic E-state index is 11.4. The highest BCUT2D eigenvalue weighted by Crippen LogP contribution is 2.30. The highest BCUT2D eigenvalue weighted by Gasteiger charge is 2.34. The van der Waals surface area contributed by atoms with E-state index in [2.05, 4.69) is 5.32 Å². The summed E-state index contributed by atoms with van der Waals surface area (Å²) < 4.78 is 4.92. The molecule has 1 aliphatic carbocycles. The standard InChI is InChI=1S/C10H13NO3/c12-9(8-3-1-6-14-8)11-7-10(13)4-2-5-10/h1,3,6,13H,2,4-5,7H2,(H,11,12). The summed E-state index contributed by atoms with van der Waals surface area (Å²) in [6.07, 6.45) is 4.02. The summed E-state index contributed by atoms with van der Waals surface area (Å²) in [4.78, 5) is 11.4. The first kappa shape index (κ1) is 9.27. The van der Waals surface area contributed by atoms with Gasteiger partial charge in [0.2, 0.25) is 0 Å². The second kappa shape index (κ2) is 3.46. The molecule has 76 valence electrons. The van der Waals surface area contributed by atoms with Gasteiger partial charge >= 0.3 is 0 Å². The second-order valence-electron chi connectivity index (χ2n) is 3.74. The lowest BCUT2D eigenvalue weighted by atomic mass is 9.80. The first-order valence-electron chi connectivity index (χ1n) is 4.74. The van der Waals surface area contributed by atoms with Crippen molar-refractivity contribution in [1.82, 2.24) is 5.32 Å². The topological polar surface area (TPSA) is 62.5 Å². The number of nitrogens with one attached hydrogen (secondary N) is 1. The molecule has 0 atom stereocenters. The molecule has 1 fully saturated rings. The lowest BCUT2D eigenvalue weighted by molar-refractivity contribution is -0.0301. The van der Waals surface area contributed by atoms with Crippen LogP contribution in [-0.2, 0) is 0 Å². The highest BCUT2D eigenvalue weighted by atomic mass is 16.3. The molecule has 0 radical (unpaired) electrons. The maximum absolute atomic E-state index is 11.4. The number of carbonyl (C=O) groups excluding carboxylic acids is 1. The number of amides is 1. The predicted octanol–water partition coefficient (Wildman–Crippen LogP) is 0.924. The predicted molar refractivity (Wildman–Crippen MR) is 49.8 cm³/mol. The Kier molecular flexibility index (Phi) is 2.29. The van der Waals surface area contributed by atoms with Crippen molar-refractivity contribution in [2.45, 2.75) is 24.9 Å². The fourth-order valence-corrected chi connectivity index (χ4v) is 1.50. The van der Waals surface area contributed by atoms with Crippen LogP contribution in [0.5, 0.6) is 0 Å². The minimum absolute atomic E-state index is 0.268. The molecule has 1 heterocycles. The van der Waals surface area contributed by atoms with Gasteiger partial charge < -0.3 is 14.8 Å². The molecule has 2 N–H and O–H groups in total. The highest BCUT2D eigenvalue weighted by molar-refractivity contribution is 5.91. The van der Waals surface area contributed by atoms with Crippen LogP contribution in [0.1, 0.15) is 29.8 Å². The molecule has 1 saturated carbocycles. The molecule has 0 aliphatic heterocycles. The Balaban J connectivity index is 1.84. The Morgan fingerprint density at radius 2 is 2.43 bits per heavy atom. The van der Waals surface area contributed by atoms with E-state index >= 15 is 0 Å². The van der Waals surface area contributed by atoms with E-state index in [0.717, 1.165) is 19.3 Å². The number of hydrogen-bond acceptors (Lipinski definition) is 3. The minimum atomic E-state index is -0.678. The van der Waals surface area contributed by atoms with Crippen molar-refractivity contribution in [3.8, 4) is 0 Å². The van der Waals surface area contributed by atoms with Crippen LogP contribution in [-0.4, -0.2) is 23.2 Å². The third kappa shape index (κ3) is 1.80. The molecule has 1 amide bonds. The molecule has 4 nitrogen and oxygen atoms in total. The van der Waals surface area contributed by atoms with E-state index in [9.17, 15) is 9.90 Å². The summed E-state index contributed by atoms with van der Waals surface area (Å²) in [6.45, 7) is 0.312. The quantitative estimate of drug-likeness (QED) is 0.754. The SMILES string of the molecule is O=C(NCC1(O)CCC1)c1ccco1. The van der Waals surface area contributed by atoms with Crippen LogP contribution >= 0.6 is 0 Å². The number of furan rings is 1. The second-order valence-corrected chi connectivity index (χ2v) is 3.74.